The van der Waals surface area contributed by atoms with Crippen LogP contribution in [0.2, 0.25) is 0 Å². The molecular formula is C20H27F6N5O3S. The highest BCUT2D eigenvalue weighted by Gasteiger charge is 2.58. The first-order chi connectivity index (χ1) is 15.9. The van der Waals surface area contributed by atoms with Gasteiger partial charge in [0.15, 0.2) is 16.3 Å². The van der Waals surface area contributed by atoms with E-state index in [9.17, 15) is 35.9 Å². The van der Waals surface area contributed by atoms with Crippen molar-refractivity contribution in [2.24, 2.45) is 12.8 Å². The summed E-state index contributed by atoms with van der Waals surface area (Å²) in [4.78, 5) is 30.3. The maximum atomic E-state index is 13.5. The van der Waals surface area contributed by atoms with Crippen LogP contribution in [0.5, 0.6) is 0 Å². The normalized spacial score (nSPS) is 13.9. The first kappa shape index (κ1) is 29.0. The summed E-state index contributed by atoms with van der Waals surface area (Å²) >= 11 is 1.27. The van der Waals surface area contributed by atoms with Crippen molar-refractivity contribution in [3.8, 4) is 0 Å². The number of thioether (sulfide) groups is 1. The number of aryl methyl sites for hydroxylation is 1. The quantitative estimate of drug-likeness (QED) is 0.287. The summed E-state index contributed by atoms with van der Waals surface area (Å²) in [6.45, 7) is 5.78. The molecule has 0 aliphatic rings. The lowest BCUT2D eigenvalue weighted by Crippen LogP contribution is -2.45. The first-order valence-corrected chi connectivity index (χ1v) is 11.2. The van der Waals surface area contributed by atoms with Crippen molar-refractivity contribution in [3.63, 3.8) is 0 Å². The van der Waals surface area contributed by atoms with E-state index in [1.54, 1.807) is 10.6 Å². The van der Waals surface area contributed by atoms with E-state index >= 15 is 0 Å². The van der Waals surface area contributed by atoms with Crippen LogP contribution in [0.25, 0.3) is 11.2 Å². The number of aromatic nitrogens is 4. The Balaban J connectivity index is 2.55. The fourth-order valence-corrected chi connectivity index (χ4v) is 3.88. The molecule has 2 N–H and O–H groups in total. The lowest BCUT2D eigenvalue weighted by Gasteiger charge is -2.22. The number of hydrogen-bond acceptors (Lipinski definition) is 6. The standard InChI is InChI=1S/C20H27F6N5O3S/c1-11(2)6-7-30-12-13(28-16(30)35-18(3,4)10-27)29(5)17(33)31(14(12)32)8-9-34-20(25,26)15(21)19(22,23)24/h6,15H,7-10,27H2,1-5H3. The van der Waals surface area contributed by atoms with Gasteiger partial charge < -0.3 is 15.0 Å². The van der Waals surface area contributed by atoms with Crippen molar-refractivity contribution in [1.82, 2.24) is 18.7 Å². The zero-order valence-electron chi connectivity index (χ0n) is 19.8. The van der Waals surface area contributed by atoms with E-state index < -0.39 is 47.6 Å². The van der Waals surface area contributed by atoms with Crippen molar-refractivity contribution in [3.05, 3.63) is 32.5 Å². The number of halogens is 6. The monoisotopic (exact) mass is 531 g/mol. The molecule has 0 saturated carbocycles. The second kappa shape index (κ2) is 10.4. The summed E-state index contributed by atoms with van der Waals surface area (Å²) in [6, 6.07) is 0. The largest absolute Gasteiger partial charge is 0.428 e. The summed E-state index contributed by atoms with van der Waals surface area (Å²) in [7, 11) is 1.30. The topological polar surface area (TPSA) is 97.1 Å². The van der Waals surface area contributed by atoms with E-state index in [0.29, 0.717) is 9.72 Å². The minimum atomic E-state index is -5.85. The molecule has 2 rings (SSSR count). The molecule has 198 valence electrons. The Bertz CT molecular complexity index is 1210. The van der Waals surface area contributed by atoms with Crippen LogP contribution in [0.15, 0.2) is 26.4 Å². The van der Waals surface area contributed by atoms with Gasteiger partial charge in [-0.2, -0.15) is 22.0 Å². The molecule has 0 saturated heterocycles. The van der Waals surface area contributed by atoms with E-state index in [-0.39, 0.29) is 24.3 Å². The number of nitrogens with two attached hydrogens (primary N) is 1. The number of ether oxygens (including phenoxy) is 1. The molecule has 0 amide bonds. The fraction of sp³-hybridized carbons (Fsp3) is 0.650. The van der Waals surface area contributed by atoms with Gasteiger partial charge in [0, 0.05) is 24.9 Å². The predicted molar refractivity (Wildman–Crippen MR) is 120 cm³/mol. The number of nitrogens with zero attached hydrogens (tertiary/aromatic N) is 4. The molecule has 0 radical (unpaired) electrons. The van der Waals surface area contributed by atoms with Crippen LogP contribution in [0.1, 0.15) is 27.7 Å². The molecule has 0 aliphatic heterocycles. The smallest absolute Gasteiger partial charge is 0.329 e. The highest BCUT2D eigenvalue weighted by Crippen LogP contribution is 2.35. The van der Waals surface area contributed by atoms with Crippen molar-refractivity contribution in [1.29, 1.82) is 0 Å². The zero-order valence-corrected chi connectivity index (χ0v) is 20.6. The fourth-order valence-electron chi connectivity index (χ4n) is 2.90. The molecule has 8 nitrogen and oxygen atoms in total. The van der Waals surface area contributed by atoms with Gasteiger partial charge >= 0.3 is 18.0 Å². The molecule has 2 aromatic rings. The van der Waals surface area contributed by atoms with Gasteiger partial charge in [0.1, 0.15) is 0 Å². The predicted octanol–water partition coefficient (Wildman–Crippen LogP) is 3.20. The van der Waals surface area contributed by atoms with E-state index in [1.165, 1.54) is 18.8 Å². The maximum absolute atomic E-state index is 13.5. The molecule has 0 bridgehead atoms. The highest BCUT2D eigenvalue weighted by atomic mass is 32.2. The number of rotatable bonds is 10. The summed E-state index contributed by atoms with van der Waals surface area (Å²) in [5.41, 5.74) is 4.87. The summed E-state index contributed by atoms with van der Waals surface area (Å²) in [5, 5.41) is 0.381. The average molecular weight is 532 g/mol. The molecule has 1 atom stereocenters. The first-order valence-electron chi connectivity index (χ1n) is 10.4. The van der Waals surface area contributed by atoms with E-state index in [1.807, 2.05) is 27.7 Å². The van der Waals surface area contributed by atoms with Crippen LogP contribution >= 0.6 is 11.8 Å². The van der Waals surface area contributed by atoms with Gasteiger partial charge in [-0.05, 0) is 27.7 Å². The van der Waals surface area contributed by atoms with Crippen LogP contribution in [-0.4, -0.2) is 55.0 Å². The second-order valence-corrected chi connectivity index (χ2v) is 10.3. The molecule has 2 aromatic heterocycles. The van der Waals surface area contributed by atoms with Gasteiger partial charge in [0.25, 0.3) is 11.7 Å². The van der Waals surface area contributed by atoms with Crippen molar-refractivity contribution in [2.75, 3.05) is 13.2 Å². The minimum Gasteiger partial charge on any atom is -0.329 e. The Morgan fingerprint density at radius 3 is 2.29 bits per heavy atom. The molecular weight excluding hydrogens is 504 g/mol. The maximum Gasteiger partial charge on any atom is 0.428 e. The van der Waals surface area contributed by atoms with Gasteiger partial charge in [-0.1, -0.05) is 23.4 Å². The highest BCUT2D eigenvalue weighted by molar-refractivity contribution is 8.00. The van der Waals surface area contributed by atoms with E-state index in [0.717, 1.165) is 10.1 Å². The summed E-state index contributed by atoms with van der Waals surface area (Å²) in [5.74, 6) is 0. The van der Waals surface area contributed by atoms with Crippen molar-refractivity contribution in [2.45, 2.75) is 69.1 Å². The molecule has 35 heavy (non-hydrogen) atoms. The second-order valence-electron chi connectivity index (χ2n) is 8.64. The van der Waals surface area contributed by atoms with Crippen LogP contribution < -0.4 is 17.0 Å². The molecule has 1 unspecified atom stereocenters. The van der Waals surface area contributed by atoms with Gasteiger partial charge in [-0.25, -0.2) is 14.2 Å². The van der Waals surface area contributed by atoms with Gasteiger partial charge in [-0.15, -0.1) is 0 Å². The molecule has 15 heteroatoms. The Morgan fingerprint density at radius 1 is 1.17 bits per heavy atom. The SMILES string of the molecule is CC(C)=CCn1c(SC(C)(C)CN)nc2c1c(=O)n(CCOC(F)(F)C(F)C(F)(F)F)c(=O)n2C. The summed E-state index contributed by atoms with van der Waals surface area (Å²) < 4.78 is 83.3. The van der Waals surface area contributed by atoms with Gasteiger partial charge in [-0.3, -0.25) is 13.9 Å². The van der Waals surface area contributed by atoms with Crippen LogP contribution in [0.4, 0.5) is 26.3 Å². The van der Waals surface area contributed by atoms with Crippen LogP contribution in [0.3, 0.4) is 0 Å². The number of imidazole rings is 1. The molecule has 2 heterocycles. The van der Waals surface area contributed by atoms with E-state index in [4.69, 9.17) is 5.73 Å². The zero-order chi connectivity index (χ0) is 26.9. The Morgan fingerprint density at radius 2 is 1.77 bits per heavy atom. The van der Waals surface area contributed by atoms with E-state index in [2.05, 4.69) is 9.72 Å². The Kier molecular flexibility index (Phi) is 8.60. The number of alkyl halides is 6. The Labute approximate surface area is 200 Å². The van der Waals surface area contributed by atoms with Gasteiger partial charge in [0.2, 0.25) is 0 Å². The van der Waals surface area contributed by atoms with Crippen molar-refractivity contribution < 1.29 is 31.1 Å². The lowest BCUT2D eigenvalue weighted by molar-refractivity contribution is -0.336. The third kappa shape index (κ3) is 6.50. The number of allylic oxidation sites excluding steroid dienone is 2. The lowest BCUT2D eigenvalue weighted by atomic mass is 10.2. The Hall–Kier alpha value is -2.26. The van der Waals surface area contributed by atoms with Crippen LogP contribution in [-0.2, 0) is 24.9 Å². The molecule has 0 spiro atoms. The van der Waals surface area contributed by atoms with Gasteiger partial charge in [0.05, 0.1) is 13.2 Å². The minimum absolute atomic E-state index is 0.0228. The van der Waals surface area contributed by atoms with Crippen LogP contribution in [0, 0.1) is 0 Å². The average Bonchev–Trinajstić information content (AvgIpc) is 3.09. The summed E-state index contributed by atoms with van der Waals surface area (Å²) in [6.07, 6.45) is -13.8. The third-order valence-electron chi connectivity index (χ3n) is 4.93. The number of hydrogen-bond donors (Lipinski definition) is 1. The van der Waals surface area contributed by atoms with Crippen molar-refractivity contribution >= 4 is 22.9 Å². The third-order valence-corrected chi connectivity index (χ3v) is 6.14. The number of fused-ring (bicyclic) bond motifs is 1. The molecule has 0 aliphatic carbocycles. The molecule has 0 aromatic carbocycles. The molecule has 0 fully saturated rings.